The fourth-order valence-corrected chi connectivity index (χ4v) is 0.840. The first-order chi connectivity index (χ1) is 4.49. The number of rotatable bonds is 4. The minimum Gasteiger partial charge on any atom is -1.00 e. The molecule has 0 fully saturated rings. The Morgan fingerprint density at radius 1 is 1.15 bits per heavy atom. The Morgan fingerprint density at radius 3 is 1.54 bits per heavy atom. The smallest absolute Gasteiger partial charge is 1.00 e. The molecule has 0 radical (unpaired) electrons. The van der Waals surface area contributed by atoms with Crippen LogP contribution in [0.5, 0.6) is 0 Å². The Kier molecular flexibility index (Phi) is 25.2. The minimum absolute atomic E-state index is 0. The molecule has 0 bridgehead atoms. The minimum atomic E-state index is -4.57. The largest absolute Gasteiger partial charge is 1.00 e. The maximum absolute atomic E-state index is 10.0. The number of aliphatic hydroxyl groups excluding tert-OH is 2. The third-order valence-electron chi connectivity index (χ3n) is 0.694. The number of aliphatic hydroxyl groups is 2. The summed E-state index contributed by atoms with van der Waals surface area (Å²) in [5, 5.41) is 16.5. The zero-order valence-electron chi connectivity index (χ0n) is 11.0. The molecule has 0 rings (SSSR count). The van der Waals surface area contributed by atoms with E-state index >= 15 is 0 Å². The summed E-state index contributed by atoms with van der Waals surface area (Å²) in [5.41, 5.74) is 0. The zero-order valence-corrected chi connectivity index (χ0v) is 14.9. The Morgan fingerprint density at radius 2 is 1.46 bits per heavy atom. The van der Waals surface area contributed by atoms with Gasteiger partial charge >= 0.3 is 96.5 Å². The van der Waals surface area contributed by atoms with E-state index in [1.807, 2.05) is 0 Å². The molecule has 0 saturated carbocycles. The summed E-state index contributed by atoms with van der Waals surface area (Å²) >= 11 is 0. The van der Waals surface area contributed by atoms with Gasteiger partial charge in [-0.2, -0.15) is 0 Å². The van der Waals surface area contributed by atoms with Gasteiger partial charge in [0.05, 0.1) is 13.2 Å². The van der Waals surface area contributed by atoms with E-state index in [2.05, 4.69) is 4.52 Å². The second-order valence-electron chi connectivity index (χ2n) is 1.58. The summed E-state index contributed by atoms with van der Waals surface area (Å²) in [5.74, 6) is 0. The Balaban J connectivity index is -0.0000000270. The quantitative estimate of drug-likeness (QED) is 0.289. The Bertz CT molecular complexity index is 146. The van der Waals surface area contributed by atoms with Crippen LogP contribution in [0.2, 0.25) is 0 Å². The van der Waals surface area contributed by atoms with Crippen molar-refractivity contribution in [1.29, 1.82) is 0 Å². The SMILES string of the molecule is O=P(O)(O)OC(CO)CO.[H-].[H-].[H-].[Na+].[Na+].[Na+]. The van der Waals surface area contributed by atoms with Crippen LogP contribution in [0.3, 0.4) is 0 Å². The van der Waals surface area contributed by atoms with Crippen molar-refractivity contribution in [2.75, 3.05) is 13.2 Å². The number of hydrogen-bond donors (Lipinski definition) is 4. The molecule has 10 heteroatoms. The van der Waals surface area contributed by atoms with Gasteiger partial charge in [0.15, 0.2) is 0 Å². The van der Waals surface area contributed by atoms with Crippen LogP contribution in [0.4, 0.5) is 0 Å². The molecule has 0 amide bonds. The van der Waals surface area contributed by atoms with E-state index in [-0.39, 0.29) is 93.0 Å². The summed E-state index contributed by atoms with van der Waals surface area (Å²) in [7, 11) is -4.57. The van der Waals surface area contributed by atoms with E-state index in [0.717, 1.165) is 0 Å². The first-order valence-electron chi connectivity index (χ1n) is 2.45. The van der Waals surface area contributed by atoms with Crippen molar-refractivity contribution < 1.29 is 122 Å². The monoisotopic (exact) mass is 244 g/mol. The molecule has 0 aliphatic rings. The van der Waals surface area contributed by atoms with Crippen molar-refractivity contribution in [3.63, 3.8) is 0 Å². The molecule has 0 aliphatic carbocycles. The van der Waals surface area contributed by atoms with Gasteiger partial charge in [0, 0.05) is 0 Å². The van der Waals surface area contributed by atoms with E-state index < -0.39 is 27.1 Å². The van der Waals surface area contributed by atoms with Crippen LogP contribution in [0.1, 0.15) is 4.28 Å². The molecule has 4 N–H and O–H groups in total. The summed E-state index contributed by atoms with van der Waals surface area (Å²) < 4.78 is 13.9. The molecule has 0 aliphatic heterocycles. The molecule has 6 nitrogen and oxygen atoms in total. The molecule has 0 unspecified atom stereocenters. The number of phosphoric acid groups is 1. The molecule has 0 aromatic rings. The number of hydrogen-bond acceptors (Lipinski definition) is 4. The van der Waals surface area contributed by atoms with Gasteiger partial charge in [0.1, 0.15) is 6.10 Å². The van der Waals surface area contributed by atoms with Gasteiger partial charge in [0.2, 0.25) is 0 Å². The van der Waals surface area contributed by atoms with Crippen molar-refractivity contribution >= 4 is 7.82 Å². The van der Waals surface area contributed by atoms with Crippen LogP contribution in [0, 0.1) is 0 Å². The van der Waals surface area contributed by atoms with Crippen molar-refractivity contribution in [3.8, 4) is 0 Å². The topological polar surface area (TPSA) is 107 Å². The average Bonchev–Trinajstić information content (AvgIpc) is 1.81. The van der Waals surface area contributed by atoms with E-state index in [1.54, 1.807) is 0 Å². The molecule has 13 heavy (non-hydrogen) atoms. The molecule has 0 saturated heterocycles. The van der Waals surface area contributed by atoms with Crippen LogP contribution >= 0.6 is 7.82 Å². The summed E-state index contributed by atoms with van der Waals surface area (Å²) in [4.78, 5) is 16.2. The van der Waals surface area contributed by atoms with Gasteiger partial charge in [-0.3, -0.25) is 4.52 Å². The van der Waals surface area contributed by atoms with E-state index in [9.17, 15) is 4.57 Å². The third kappa shape index (κ3) is 17.6. The zero-order chi connectivity index (χ0) is 8.20. The standard InChI is InChI=1S/C3H9O6P.3Na.3H/c4-1-3(2-5)9-10(6,7)8;;;;;;/h3-5H,1-2H2,(H2,6,7,8);;;;;;/q;3*+1;3*-1. The normalized spacial score (nSPS) is 9.62. The second kappa shape index (κ2) is 13.1. The molecule has 0 atom stereocenters. The van der Waals surface area contributed by atoms with Crippen molar-refractivity contribution in [3.05, 3.63) is 0 Å². The fraction of sp³-hybridized carbons (Fsp3) is 1.00. The van der Waals surface area contributed by atoms with Crippen LogP contribution in [-0.4, -0.2) is 39.3 Å². The van der Waals surface area contributed by atoms with Crippen molar-refractivity contribution in [2.45, 2.75) is 6.10 Å². The second-order valence-corrected chi connectivity index (χ2v) is 2.78. The first-order valence-corrected chi connectivity index (χ1v) is 3.98. The summed E-state index contributed by atoms with van der Waals surface area (Å²) in [6, 6.07) is 0. The fourth-order valence-electron chi connectivity index (χ4n) is 0.319. The van der Waals surface area contributed by atoms with Crippen LogP contribution in [-0.2, 0) is 9.09 Å². The predicted molar refractivity (Wildman–Crippen MR) is 34.4 cm³/mol. The van der Waals surface area contributed by atoms with E-state index in [4.69, 9.17) is 20.0 Å². The number of phosphoric ester groups is 1. The van der Waals surface area contributed by atoms with Gasteiger partial charge in [-0.25, -0.2) is 4.57 Å². The van der Waals surface area contributed by atoms with E-state index in [0.29, 0.717) is 0 Å². The van der Waals surface area contributed by atoms with Crippen LogP contribution < -0.4 is 88.7 Å². The predicted octanol–water partition coefficient (Wildman–Crippen LogP) is -10.2. The Labute approximate surface area is 147 Å². The third-order valence-corrected chi connectivity index (χ3v) is 1.27. The van der Waals surface area contributed by atoms with Crippen LogP contribution in [0.15, 0.2) is 0 Å². The van der Waals surface area contributed by atoms with Gasteiger partial charge in [-0.1, -0.05) is 0 Å². The molecular weight excluding hydrogens is 232 g/mol. The van der Waals surface area contributed by atoms with Crippen LogP contribution in [0.25, 0.3) is 0 Å². The summed E-state index contributed by atoms with van der Waals surface area (Å²) in [6.45, 7) is -1.25. The average molecular weight is 244 g/mol. The molecule has 0 spiro atoms. The van der Waals surface area contributed by atoms with Crippen molar-refractivity contribution in [2.24, 2.45) is 0 Å². The van der Waals surface area contributed by atoms with Gasteiger partial charge in [-0.15, -0.1) is 0 Å². The van der Waals surface area contributed by atoms with E-state index in [1.165, 1.54) is 0 Å². The molecule has 68 valence electrons. The van der Waals surface area contributed by atoms with Gasteiger partial charge in [-0.05, 0) is 0 Å². The van der Waals surface area contributed by atoms with Gasteiger partial charge < -0.3 is 24.3 Å². The first kappa shape index (κ1) is 25.0. The van der Waals surface area contributed by atoms with Gasteiger partial charge in [0.25, 0.3) is 0 Å². The molecular formula is C3H12Na3O6P. The Hall–Kier alpha value is 3.03. The molecule has 0 aromatic carbocycles. The van der Waals surface area contributed by atoms with Crippen molar-refractivity contribution in [1.82, 2.24) is 0 Å². The maximum atomic E-state index is 10.0. The molecule has 0 heterocycles. The molecule has 0 aromatic heterocycles. The maximum Gasteiger partial charge on any atom is 1.00 e. The summed E-state index contributed by atoms with van der Waals surface area (Å²) in [6.07, 6.45) is -1.21.